The van der Waals surface area contributed by atoms with E-state index >= 15 is 0 Å². The molecule has 1 aliphatic rings. The second-order valence-electron chi connectivity index (χ2n) is 7.74. The van der Waals surface area contributed by atoms with Gasteiger partial charge in [0.2, 0.25) is 0 Å². The summed E-state index contributed by atoms with van der Waals surface area (Å²) in [5.41, 5.74) is 4.81. The molecule has 166 valence electrons. The van der Waals surface area contributed by atoms with Crippen LogP contribution in [0, 0.1) is 0 Å². The van der Waals surface area contributed by atoms with E-state index in [0.717, 1.165) is 28.4 Å². The molecule has 1 aromatic heterocycles. The molecule has 5 nitrogen and oxygen atoms in total. The SMILES string of the molecule is COC(=O)c1c(-c2ccc3c(c2)CCCC3)csc1NC(=O)C(C)Oc1cccc(Br)c1. The van der Waals surface area contributed by atoms with Gasteiger partial charge in [-0.25, -0.2) is 4.79 Å². The number of carbonyl (C=O) groups is 2. The van der Waals surface area contributed by atoms with Crippen molar-refractivity contribution in [2.24, 2.45) is 0 Å². The van der Waals surface area contributed by atoms with Gasteiger partial charge < -0.3 is 14.8 Å². The summed E-state index contributed by atoms with van der Waals surface area (Å²) in [6.07, 6.45) is 3.80. The molecule has 1 N–H and O–H groups in total. The van der Waals surface area contributed by atoms with Gasteiger partial charge in [0.05, 0.1) is 7.11 Å². The first kappa shape index (κ1) is 22.6. The fraction of sp³-hybridized carbons (Fsp3) is 0.280. The number of anilines is 1. The topological polar surface area (TPSA) is 64.6 Å². The number of hydrogen-bond acceptors (Lipinski definition) is 5. The van der Waals surface area contributed by atoms with Crippen molar-refractivity contribution in [2.45, 2.75) is 38.7 Å². The molecule has 1 heterocycles. The maximum atomic E-state index is 12.8. The minimum atomic E-state index is -0.746. The molecular weight excluding hydrogens is 490 g/mol. The zero-order chi connectivity index (χ0) is 22.7. The van der Waals surface area contributed by atoms with Crippen LogP contribution in [-0.4, -0.2) is 25.1 Å². The fourth-order valence-electron chi connectivity index (χ4n) is 3.88. The van der Waals surface area contributed by atoms with E-state index in [-0.39, 0.29) is 5.91 Å². The molecule has 0 saturated carbocycles. The number of aryl methyl sites for hydroxylation is 2. The number of amides is 1. The molecule has 1 aliphatic carbocycles. The highest BCUT2D eigenvalue weighted by molar-refractivity contribution is 9.10. The van der Waals surface area contributed by atoms with Crippen LogP contribution in [-0.2, 0) is 22.4 Å². The molecule has 0 bridgehead atoms. The zero-order valence-corrected chi connectivity index (χ0v) is 20.3. The maximum Gasteiger partial charge on any atom is 0.341 e. The summed E-state index contributed by atoms with van der Waals surface area (Å²) >= 11 is 4.70. The lowest BCUT2D eigenvalue weighted by atomic mass is 9.89. The van der Waals surface area contributed by atoms with Crippen LogP contribution in [0.4, 0.5) is 5.00 Å². The Morgan fingerprint density at radius 1 is 1.09 bits per heavy atom. The Morgan fingerprint density at radius 2 is 1.88 bits per heavy atom. The third-order valence-corrected chi connectivity index (χ3v) is 6.94. The van der Waals surface area contributed by atoms with Crippen LogP contribution in [0.15, 0.2) is 52.3 Å². The molecule has 2 aromatic carbocycles. The quantitative estimate of drug-likeness (QED) is 0.395. The van der Waals surface area contributed by atoms with Gasteiger partial charge in [-0.1, -0.05) is 40.2 Å². The highest BCUT2D eigenvalue weighted by atomic mass is 79.9. The van der Waals surface area contributed by atoms with Crippen molar-refractivity contribution in [3.05, 3.63) is 69.0 Å². The third kappa shape index (κ3) is 4.89. The van der Waals surface area contributed by atoms with Crippen LogP contribution >= 0.6 is 27.3 Å². The van der Waals surface area contributed by atoms with Crippen LogP contribution in [0.5, 0.6) is 5.75 Å². The second kappa shape index (κ2) is 9.88. The molecule has 0 aliphatic heterocycles. The molecule has 32 heavy (non-hydrogen) atoms. The third-order valence-electron chi connectivity index (χ3n) is 5.55. The largest absolute Gasteiger partial charge is 0.481 e. The Bertz CT molecular complexity index is 1160. The first-order valence-corrected chi connectivity index (χ1v) is 12.2. The monoisotopic (exact) mass is 513 g/mol. The van der Waals surface area contributed by atoms with Crippen LogP contribution in [0.3, 0.4) is 0 Å². The summed E-state index contributed by atoms with van der Waals surface area (Å²) in [4.78, 5) is 25.5. The van der Waals surface area contributed by atoms with Gasteiger partial charge in [0.25, 0.3) is 5.91 Å². The van der Waals surface area contributed by atoms with E-state index in [9.17, 15) is 9.59 Å². The summed E-state index contributed by atoms with van der Waals surface area (Å²) in [5, 5.41) is 5.21. The van der Waals surface area contributed by atoms with E-state index < -0.39 is 12.1 Å². The lowest BCUT2D eigenvalue weighted by Crippen LogP contribution is -2.30. The second-order valence-corrected chi connectivity index (χ2v) is 9.54. The van der Waals surface area contributed by atoms with Crippen LogP contribution in [0.2, 0.25) is 0 Å². The van der Waals surface area contributed by atoms with Crippen molar-refractivity contribution in [1.29, 1.82) is 0 Å². The normalized spacial score (nSPS) is 13.7. The first-order chi connectivity index (χ1) is 15.5. The van der Waals surface area contributed by atoms with Crippen LogP contribution in [0.25, 0.3) is 11.1 Å². The Kier molecular flexibility index (Phi) is 6.96. The standard InChI is InChI=1S/C25H24BrNO4S/c1-15(31-20-9-5-8-19(26)13-20)23(28)27-24-22(25(29)30-2)21(14-32-24)18-11-10-16-6-3-4-7-17(16)12-18/h5,8-15H,3-4,6-7H2,1-2H3,(H,27,28). The number of fused-ring (bicyclic) bond motifs is 1. The summed E-state index contributed by atoms with van der Waals surface area (Å²) in [6.45, 7) is 1.67. The molecule has 0 fully saturated rings. The predicted molar refractivity (Wildman–Crippen MR) is 131 cm³/mol. The number of hydrogen-bond donors (Lipinski definition) is 1. The zero-order valence-electron chi connectivity index (χ0n) is 17.9. The van der Waals surface area contributed by atoms with Crippen molar-refractivity contribution < 1.29 is 19.1 Å². The molecular formula is C25H24BrNO4S. The molecule has 1 atom stereocenters. The molecule has 7 heteroatoms. The smallest absolute Gasteiger partial charge is 0.341 e. The Hall–Kier alpha value is -2.64. The van der Waals surface area contributed by atoms with E-state index in [1.165, 1.54) is 42.4 Å². The van der Waals surface area contributed by atoms with Gasteiger partial charge in [-0.2, -0.15) is 0 Å². The van der Waals surface area contributed by atoms with Gasteiger partial charge in [0, 0.05) is 15.4 Å². The van der Waals surface area contributed by atoms with E-state index in [1.807, 2.05) is 23.6 Å². The van der Waals surface area contributed by atoms with E-state index in [4.69, 9.17) is 9.47 Å². The average Bonchev–Trinajstić information content (AvgIpc) is 3.21. The molecule has 0 saturated heterocycles. The van der Waals surface area contributed by atoms with E-state index in [1.54, 1.807) is 19.1 Å². The highest BCUT2D eigenvalue weighted by Crippen LogP contribution is 2.38. The summed E-state index contributed by atoms with van der Waals surface area (Å²) in [7, 11) is 1.35. The van der Waals surface area contributed by atoms with Gasteiger partial charge in [0.1, 0.15) is 16.3 Å². The van der Waals surface area contributed by atoms with Gasteiger partial charge in [-0.15, -0.1) is 11.3 Å². The number of rotatable bonds is 6. The van der Waals surface area contributed by atoms with Crippen molar-refractivity contribution in [1.82, 2.24) is 0 Å². The molecule has 1 unspecified atom stereocenters. The van der Waals surface area contributed by atoms with Crippen molar-refractivity contribution in [3.63, 3.8) is 0 Å². The van der Waals surface area contributed by atoms with Crippen LogP contribution in [0.1, 0.15) is 41.3 Å². The minimum absolute atomic E-state index is 0.339. The Balaban J connectivity index is 1.58. The lowest BCUT2D eigenvalue weighted by molar-refractivity contribution is -0.122. The molecule has 4 rings (SSSR count). The number of carbonyl (C=O) groups excluding carboxylic acids is 2. The van der Waals surface area contributed by atoms with Gasteiger partial charge >= 0.3 is 5.97 Å². The van der Waals surface area contributed by atoms with Crippen LogP contribution < -0.4 is 10.1 Å². The predicted octanol–water partition coefficient (Wildman–Crippen LogP) is 6.25. The molecule has 0 spiro atoms. The van der Waals surface area contributed by atoms with Gasteiger partial charge in [-0.3, -0.25) is 4.79 Å². The van der Waals surface area contributed by atoms with E-state index in [0.29, 0.717) is 16.3 Å². The maximum absolute atomic E-state index is 12.8. The summed E-state index contributed by atoms with van der Waals surface area (Å²) in [5.74, 6) is -0.236. The number of halogens is 1. The Morgan fingerprint density at radius 3 is 2.62 bits per heavy atom. The molecule has 1 amide bonds. The number of methoxy groups -OCH3 is 1. The van der Waals surface area contributed by atoms with Gasteiger partial charge in [0.15, 0.2) is 6.10 Å². The van der Waals surface area contributed by atoms with E-state index in [2.05, 4.69) is 33.4 Å². The number of thiophene rings is 1. The molecule has 3 aromatic rings. The van der Waals surface area contributed by atoms with Gasteiger partial charge in [-0.05, 0) is 67.5 Å². The minimum Gasteiger partial charge on any atom is -0.481 e. The lowest BCUT2D eigenvalue weighted by Gasteiger charge is -2.17. The first-order valence-electron chi connectivity index (χ1n) is 10.5. The number of benzene rings is 2. The number of esters is 1. The van der Waals surface area contributed by atoms with Crippen molar-refractivity contribution in [2.75, 3.05) is 12.4 Å². The number of nitrogens with one attached hydrogen (secondary N) is 1. The van der Waals surface area contributed by atoms with Crippen molar-refractivity contribution in [3.8, 4) is 16.9 Å². The highest BCUT2D eigenvalue weighted by Gasteiger charge is 2.25. The summed E-state index contributed by atoms with van der Waals surface area (Å²) in [6, 6.07) is 13.7. The number of ether oxygens (including phenoxy) is 2. The molecule has 0 radical (unpaired) electrons. The summed E-state index contributed by atoms with van der Waals surface area (Å²) < 4.78 is 11.7. The van der Waals surface area contributed by atoms with Crippen molar-refractivity contribution >= 4 is 44.1 Å². The Labute approximate surface area is 199 Å². The average molecular weight is 514 g/mol. The fourth-order valence-corrected chi connectivity index (χ4v) is 5.22.